The van der Waals surface area contributed by atoms with Crippen LogP contribution in [0.5, 0.6) is 0 Å². The molecule has 0 fully saturated rings. The lowest BCUT2D eigenvalue weighted by Crippen LogP contribution is -2.16. The summed E-state index contributed by atoms with van der Waals surface area (Å²) in [4.78, 5) is 18.8. The van der Waals surface area contributed by atoms with Gasteiger partial charge in [0.2, 0.25) is 5.95 Å². The highest BCUT2D eigenvalue weighted by molar-refractivity contribution is 5.55. The van der Waals surface area contributed by atoms with Crippen LogP contribution in [0.25, 0.3) is 0 Å². The third-order valence-corrected chi connectivity index (χ3v) is 3.32. The van der Waals surface area contributed by atoms with Crippen molar-refractivity contribution in [3.63, 3.8) is 0 Å². The number of benzene rings is 1. The van der Waals surface area contributed by atoms with E-state index in [0.29, 0.717) is 11.6 Å². The zero-order valence-corrected chi connectivity index (χ0v) is 10.6. The molecule has 19 heavy (non-hydrogen) atoms. The standard InChI is InChI=1S/C14H14FN3O/c1-8-5-6-12(10(15)7-8)17-14-16-11-4-2-3-9(11)13(19)18-14/h5-7H,2-4H2,1H3,(H2,16,17,18,19). The number of nitrogens with one attached hydrogen (secondary N) is 2. The van der Waals surface area contributed by atoms with Gasteiger partial charge >= 0.3 is 0 Å². The SMILES string of the molecule is Cc1ccc(Nc2nc3c(c(=O)[nH]2)CCC3)c(F)c1. The molecule has 0 aliphatic heterocycles. The van der Waals surface area contributed by atoms with Crippen LogP contribution in [0, 0.1) is 12.7 Å². The van der Waals surface area contributed by atoms with E-state index >= 15 is 0 Å². The Morgan fingerprint density at radius 3 is 3.00 bits per heavy atom. The number of aryl methyl sites for hydroxylation is 2. The van der Waals surface area contributed by atoms with Gasteiger partial charge in [0.25, 0.3) is 5.56 Å². The Bertz CT molecular complexity index is 694. The van der Waals surface area contributed by atoms with Gasteiger partial charge in [0.1, 0.15) is 5.82 Å². The minimum atomic E-state index is -0.358. The predicted octanol–water partition coefficient (Wildman–Crippen LogP) is 2.45. The molecule has 3 rings (SSSR count). The number of nitrogens with zero attached hydrogens (tertiary/aromatic N) is 1. The second kappa shape index (κ2) is 4.50. The Hall–Kier alpha value is -2.17. The lowest BCUT2D eigenvalue weighted by molar-refractivity contribution is 0.630. The van der Waals surface area contributed by atoms with E-state index in [1.54, 1.807) is 12.1 Å². The smallest absolute Gasteiger partial charge is 0.255 e. The van der Waals surface area contributed by atoms with Gasteiger partial charge in [-0.05, 0) is 43.9 Å². The van der Waals surface area contributed by atoms with Crippen molar-refractivity contribution in [2.24, 2.45) is 0 Å². The molecular weight excluding hydrogens is 245 g/mol. The van der Waals surface area contributed by atoms with E-state index in [4.69, 9.17) is 0 Å². The average molecular weight is 259 g/mol. The van der Waals surface area contributed by atoms with Crippen molar-refractivity contribution in [2.45, 2.75) is 26.2 Å². The molecule has 0 saturated heterocycles. The summed E-state index contributed by atoms with van der Waals surface area (Å²) in [5, 5.41) is 2.83. The van der Waals surface area contributed by atoms with E-state index in [2.05, 4.69) is 15.3 Å². The van der Waals surface area contributed by atoms with Gasteiger partial charge in [0.05, 0.1) is 11.4 Å². The molecule has 2 aromatic rings. The van der Waals surface area contributed by atoms with Crippen LogP contribution in [-0.4, -0.2) is 9.97 Å². The molecule has 0 bridgehead atoms. The monoisotopic (exact) mass is 259 g/mol. The maximum Gasteiger partial charge on any atom is 0.255 e. The quantitative estimate of drug-likeness (QED) is 0.871. The maximum absolute atomic E-state index is 13.7. The van der Waals surface area contributed by atoms with Gasteiger partial charge in [0.15, 0.2) is 0 Å². The Labute approximate surface area is 109 Å². The third kappa shape index (κ3) is 2.23. The number of H-pyrrole nitrogens is 1. The van der Waals surface area contributed by atoms with Crippen LogP contribution < -0.4 is 10.9 Å². The van der Waals surface area contributed by atoms with E-state index in [-0.39, 0.29) is 11.4 Å². The summed E-state index contributed by atoms with van der Waals surface area (Å²) < 4.78 is 13.7. The minimum Gasteiger partial charge on any atom is -0.323 e. The summed E-state index contributed by atoms with van der Waals surface area (Å²) in [5.41, 5.74) is 2.61. The second-order valence-electron chi connectivity index (χ2n) is 4.80. The highest BCUT2D eigenvalue weighted by atomic mass is 19.1. The summed E-state index contributed by atoms with van der Waals surface area (Å²) in [6, 6.07) is 4.88. The molecule has 0 saturated carbocycles. The van der Waals surface area contributed by atoms with Gasteiger partial charge in [0, 0.05) is 5.56 Å². The number of aromatic amines is 1. The van der Waals surface area contributed by atoms with Gasteiger partial charge in [-0.1, -0.05) is 6.07 Å². The van der Waals surface area contributed by atoms with Crippen LogP contribution in [0.3, 0.4) is 0 Å². The van der Waals surface area contributed by atoms with Crippen LogP contribution in [0.2, 0.25) is 0 Å². The first kappa shape index (κ1) is 11.9. The number of aromatic nitrogens is 2. The number of hydrogen-bond donors (Lipinski definition) is 2. The van der Waals surface area contributed by atoms with E-state index < -0.39 is 0 Å². The molecule has 1 aliphatic carbocycles. The molecule has 0 radical (unpaired) electrons. The fourth-order valence-electron chi connectivity index (χ4n) is 2.35. The first-order valence-electron chi connectivity index (χ1n) is 6.29. The average Bonchev–Trinajstić information content (AvgIpc) is 2.81. The molecule has 5 heteroatoms. The summed E-state index contributed by atoms with van der Waals surface area (Å²) in [6.45, 7) is 1.82. The third-order valence-electron chi connectivity index (χ3n) is 3.32. The number of hydrogen-bond acceptors (Lipinski definition) is 3. The van der Waals surface area contributed by atoms with Crippen LogP contribution in [-0.2, 0) is 12.8 Å². The summed E-state index contributed by atoms with van der Waals surface area (Å²) in [5.74, 6) is -0.0587. The van der Waals surface area contributed by atoms with E-state index in [9.17, 15) is 9.18 Å². The van der Waals surface area contributed by atoms with Crippen molar-refractivity contribution >= 4 is 11.6 Å². The first-order valence-corrected chi connectivity index (χ1v) is 6.29. The molecule has 1 aromatic heterocycles. The highest BCUT2D eigenvalue weighted by Gasteiger charge is 2.17. The molecule has 0 atom stereocenters. The number of fused-ring (bicyclic) bond motifs is 1. The molecule has 0 unspecified atom stereocenters. The van der Waals surface area contributed by atoms with Crippen molar-refractivity contribution in [1.29, 1.82) is 0 Å². The Morgan fingerprint density at radius 2 is 2.21 bits per heavy atom. The topological polar surface area (TPSA) is 57.8 Å². The summed E-state index contributed by atoms with van der Waals surface area (Å²) in [6.07, 6.45) is 2.54. The molecule has 0 spiro atoms. The molecule has 98 valence electrons. The zero-order valence-electron chi connectivity index (χ0n) is 10.6. The van der Waals surface area contributed by atoms with E-state index in [1.807, 2.05) is 6.92 Å². The van der Waals surface area contributed by atoms with Crippen LogP contribution >= 0.6 is 0 Å². The van der Waals surface area contributed by atoms with Crippen LogP contribution in [0.1, 0.15) is 23.2 Å². The van der Waals surface area contributed by atoms with Gasteiger partial charge in [-0.2, -0.15) is 0 Å². The number of halogens is 1. The maximum atomic E-state index is 13.7. The Morgan fingerprint density at radius 1 is 1.37 bits per heavy atom. The fourth-order valence-corrected chi connectivity index (χ4v) is 2.35. The van der Waals surface area contributed by atoms with Crippen molar-refractivity contribution in [2.75, 3.05) is 5.32 Å². The van der Waals surface area contributed by atoms with E-state index in [1.165, 1.54) is 6.07 Å². The molecule has 1 heterocycles. The molecule has 1 aliphatic rings. The molecule has 1 aromatic carbocycles. The Kier molecular flexibility index (Phi) is 2.81. The fraction of sp³-hybridized carbons (Fsp3) is 0.286. The Balaban J connectivity index is 1.96. The van der Waals surface area contributed by atoms with Gasteiger partial charge in [-0.3, -0.25) is 9.78 Å². The van der Waals surface area contributed by atoms with E-state index in [0.717, 1.165) is 36.1 Å². The highest BCUT2D eigenvalue weighted by Crippen LogP contribution is 2.21. The van der Waals surface area contributed by atoms with Crippen molar-refractivity contribution < 1.29 is 4.39 Å². The van der Waals surface area contributed by atoms with Gasteiger partial charge < -0.3 is 5.32 Å². The normalized spacial score (nSPS) is 13.4. The van der Waals surface area contributed by atoms with Crippen molar-refractivity contribution in [3.05, 3.63) is 51.2 Å². The molecule has 0 amide bonds. The molecule has 2 N–H and O–H groups in total. The van der Waals surface area contributed by atoms with Crippen molar-refractivity contribution in [1.82, 2.24) is 9.97 Å². The number of anilines is 2. The molecule has 4 nitrogen and oxygen atoms in total. The van der Waals surface area contributed by atoms with Crippen LogP contribution in [0.15, 0.2) is 23.0 Å². The lowest BCUT2D eigenvalue weighted by atomic mass is 10.2. The summed E-state index contributed by atoms with van der Waals surface area (Å²) >= 11 is 0. The van der Waals surface area contributed by atoms with Crippen LogP contribution in [0.4, 0.5) is 16.0 Å². The van der Waals surface area contributed by atoms with Crippen molar-refractivity contribution in [3.8, 4) is 0 Å². The predicted molar refractivity (Wildman–Crippen MR) is 71.3 cm³/mol. The zero-order chi connectivity index (χ0) is 13.4. The minimum absolute atomic E-state index is 0.127. The second-order valence-corrected chi connectivity index (χ2v) is 4.80. The van der Waals surface area contributed by atoms with Gasteiger partial charge in [-0.25, -0.2) is 9.37 Å². The largest absolute Gasteiger partial charge is 0.323 e. The molecular formula is C14H14FN3O. The lowest BCUT2D eigenvalue weighted by Gasteiger charge is -2.08. The number of rotatable bonds is 2. The summed E-state index contributed by atoms with van der Waals surface area (Å²) in [7, 11) is 0. The van der Waals surface area contributed by atoms with Gasteiger partial charge in [-0.15, -0.1) is 0 Å². The first-order chi connectivity index (χ1) is 9.13.